The van der Waals surface area contributed by atoms with Crippen molar-refractivity contribution in [3.05, 3.63) is 0 Å². The Kier molecular flexibility index (Phi) is 2.40. The Morgan fingerprint density at radius 1 is 0.917 bits per heavy atom. The first-order chi connectivity index (χ1) is 5.77. The first-order valence-electron chi connectivity index (χ1n) is 5.45. The van der Waals surface area contributed by atoms with E-state index < -0.39 is 0 Å². The van der Waals surface area contributed by atoms with Gasteiger partial charge in [0.25, 0.3) is 0 Å². The van der Waals surface area contributed by atoms with Gasteiger partial charge in [0, 0.05) is 0 Å². The van der Waals surface area contributed by atoms with Crippen molar-refractivity contribution in [1.29, 1.82) is 0 Å². The van der Waals surface area contributed by atoms with Crippen molar-refractivity contribution in [2.45, 2.75) is 51.6 Å². The lowest BCUT2D eigenvalue weighted by molar-refractivity contribution is -0.0227. The molecule has 2 fully saturated rings. The maximum Gasteiger partial charge on any atom is 0.0571 e. The van der Waals surface area contributed by atoms with Crippen molar-refractivity contribution in [2.75, 3.05) is 0 Å². The van der Waals surface area contributed by atoms with Gasteiger partial charge in [-0.3, -0.25) is 0 Å². The van der Waals surface area contributed by atoms with Gasteiger partial charge in [-0.2, -0.15) is 0 Å². The van der Waals surface area contributed by atoms with Crippen molar-refractivity contribution < 1.29 is 5.11 Å². The lowest BCUT2D eigenvalue weighted by Crippen LogP contribution is -2.38. The molecule has 0 aliphatic heterocycles. The van der Waals surface area contributed by atoms with Crippen LogP contribution in [0.1, 0.15) is 45.4 Å². The maximum atomic E-state index is 9.53. The molecule has 0 saturated heterocycles. The molecule has 1 heteroatoms. The molecule has 0 amide bonds. The summed E-state index contributed by atoms with van der Waals surface area (Å²) in [6.45, 7) is 2.35. The van der Waals surface area contributed by atoms with E-state index in [4.69, 9.17) is 0 Å². The van der Waals surface area contributed by atoms with E-state index in [1.807, 2.05) is 0 Å². The second-order valence-corrected chi connectivity index (χ2v) is 4.83. The van der Waals surface area contributed by atoms with Crippen LogP contribution in [0.25, 0.3) is 0 Å². The molecule has 12 heavy (non-hydrogen) atoms. The number of hydrogen-bond donors (Lipinski definition) is 1. The number of aliphatic hydroxyl groups excluding tert-OH is 1. The van der Waals surface area contributed by atoms with Crippen LogP contribution in [0.3, 0.4) is 0 Å². The fourth-order valence-corrected chi connectivity index (χ4v) is 2.77. The molecule has 2 saturated carbocycles. The normalized spacial score (nSPS) is 48.5. The quantitative estimate of drug-likeness (QED) is 0.638. The minimum Gasteiger partial charge on any atom is -0.393 e. The van der Waals surface area contributed by atoms with E-state index in [1.54, 1.807) is 0 Å². The Balaban J connectivity index is 1.81. The van der Waals surface area contributed by atoms with Gasteiger partial charge in [-0.05, 0) is 43.4 Å². The first-order valence-corrected chi connectivity index (χ1v) is 5.45. The van der Waals surface area contributed by atoms with Crippen LogP contribution < -0.4 is 0 Å². The van der Waals surface area contributed by atoms with E-state index in [-0.39, 0.29) is 6.10 Å². The summed E-state index contributed by atoms with van der Waals surface area (Å²) in [6.07, 6.45) is 7.97. The lowest BCUT2D eigenvalue weighted by Gasteiger charge is -2.41. The van der Waals surface area contributed by atoms with E-state index in [9.17, 15) is 5.11 Å². The van der Waals surface area contributed by atoms with E-state index >= 15 is 0 Å². The second kappa shape index (κ2) is 3.37. The van der Waals surface area contributed by atoms with Crippen LogP contribution in [0, 0.1) is 17.8 Å². The monoisotopic (exact) mass is 168 g/mol. The highest BCUT2D eigenvalue weighted by Gasteiger charge is 2.36. The van der Waals surface area contributed by atoms with Crippen LogP contribution in [0.2, 0.25) is 0 Å². The van der Waals surface area contributed by atoms with Crippen LogP contribution in [0.5, 0.6) is 0 Å². The Hall–Kier alpha value is -0.0400. The highest BCUT2D eigenvalue weighted by atomic mass is 16.3. The molecule has 0 radical (unpaired) electrons. The molecule has 70 valence electrons. The van der Waals surface area contributed by atoms with Crippen LogP contribution in [-0.4, -0.2) is 11.2 Å². The Labute approximate surface area is 75.2 Å². The summed E-state index contributed by atoms with van der Waals surface area (Å²) >= 11 is 0. The molecule has 0 aromatic carbocycles. The van der Waals surface area contributed by atoms with Crippen LogP contribution >= 0.6 is 0 Å². The van der Waals surface area contributed by atoms with E-state index in [1.165, 1.54) is 32.1 Å². The highest BCUT2D eigenvalue weighted by molar-refractivity contribution is 4.87. The zero-order chi connectivity index (χ0) is 8.55. The Bertz CT molecular complexity index is 147. The molecule has 2 aliphatic carbocycles. The molecule has 0 aromatic rings. The highest BCUT2D eigenvalue weighted by Crippen LogP contribution is 2.42. The van der Waals surface area contributed by atoms with Gasteiger partial charge in [-0.25, -0.2) is 0 Å². The molecular weight excluding hydrogens is 148 g/mol. The summed E-state index contributed by atoms with van der Waals surface area (Å²) in [4.78, 5) is 0. The topological polar surface area (TPSA) is 20.2 Å². The van der Waals surface area contributed by atoms with Gasteiger partial charge in [0.2, 0.25) is 0 Å². The zero-order valence-electron chi connectivity index (χ0n) is 8.00. The van der Waals surface area contributed by atoms with E-state index in [0.29, 0.717) is 5.92 Å². The summed E-state index contributed by atoms with van der Waals surface area (Å²) in [5.74, 6) is 2.49. The third-order valence-corrected chi connectivity index (χ3v) is 3.96. The summed E-state index contributed by atoms with van der Waals surface area (Å²) in [7, 11) is 0. The first kappa shape index (κ1) is 8.55. The van der Waals surface area contributed by atoms with Gasteiger partial charge < -0.3 is 5.11 Å². The molecule has 0 heterocycles. The predicted molar refractivity (Wildman–Crippen MR) is 49.9 cm³/mol. The lowest BCUT2D eigenvalue weighted by atomic mass is 9.67. The summed E-state index contributed by atoms with van der Waals surface area (Å²) < 4.78 is 0. The molecule has 0 spiro atoms. The molecule has 2 unspecified atom stereocenters. The van der Waals surface area contributed by atoms with Gasteiger partial charge >= 0.3 is 0 Å². The summed E-state index contributed by atoms with van der Waals surface area (Å²) in [5, 5.41) is 9.53. The maximum absolute atomic E-state index is 9.53. The molecule has 2 atom stereocenters. The SMILES string of the molecule is CC1CCC(C2CCC2O)CC1. The van der Waals surface area contributed by atoms with Crippen molar-refractivity contribution in [1.82, 2.24) is 0 Å². The fraction of sp³-hybridized carbons (Fsp3) is 1.00. The summed E-state index contributed by atoms with van der Waals surface area (Å²) in [5.41, 5.74) is 0. The Morgan fingerprint density at radius 3 is 2.00 bits per heavy atom. The third kappa shape index (κ3) is 1.52. The van der Waals surface area contributed by atoms with Gasteiger partial charge in [0.1, 0.15) is 0 Å². The van der Waals surface area contributed by atoms with Crippen molar-refractivity contribution in [3.8, 4) is 0 Å². The van der Waals surface area contributed by atoms with Gasteiger partial charge in [-0.1, -0.05) is 19.8 Å². The number of hydrogen-bond acceptors (Lipinski definition) is 1. The standard InChI is InChI=1S/C11H20O/c1-8-2-4-9(5-3-8)10-6-7-11(10)12/h8-12H,2-7H2,1H3. The van der Waals surface area contributed by atoms with Crippen molar-refractivity contribution in [3.63, 3.8) is 0 Å². The molecule has 2 rings (SSSR count). The average molecular weight is 168 g/mol. The van der Waals surface area contributed by atoms with Gasteiger partial charge in [0.05, 0.1) is 6.10 Å². The minimum absolute atomic E-state index is 0.0587. The molecule has 0 aromatic heterocycles. The molecule has 2 aliphatic rings. The fourth-order valence-electron chi connectivity index (χ4n) is 2.77. The summed E-state index contributed by atoms with van der Waals surface area (Å²) in [6, 6.07) is 0. The van der Waals surface area contributed by atoms with E-state index in [2.05, 4.69) is 6.92 Å². The van der Waals surface area contributed by atoms with Crippen molar-refractivity contribution in [2.24, 2.45) is 17.8 Å². The minimum atomic E-state index is 0.0587. The number of aliphatic hydroxyl groups is 1. The zero-order valence-corrected chi connectivity index (χ0v) is 8.00. The van der Waals surface area contributed by atoms with Crippen molar-refractivity contribution >= 4 is 0 Å². The van der Waals surface area contributed by atoms with E-state index in [0.717, 1.165) is 18.3 Å². The molecule has 1 nitrogen and oxygen atoms in total. The largest absolute Gasteiger partial charge is 0.393 e. The van der Waals surface area contributed by atoms with Crippen LogP contribution in [0.4, 0.5) is 0 Å². The Morgan fingerprint density at radius 2 is 1.58 bits per heavy atom. The van der Waals surface area contributed by atoms with Crippen LogP contribution in [0.15, 0.2) is 0 Å². The van der Waals surface area contributed by atoms with Gasteiger partial charge in [0.15, 0.2) is 0 Å². The average Bonchev–Trinajstić information content (AvgIpc) is 2.06. The molecule has 0 bridgehead atoms. The predicted octanol–water partition coefficient (Wildman–Crippen LogP) is 2.58. The third-order valence-electron chi connectivity index (χ3n) is 3.96. The smallest absolute Gasteiger partial charge is 0.0571 e. The molecule has 1 N–H and O–H groups in total. The number of rotatable bonds is 1. The second-order valence-electron chi connectivity index (χ2n) is 4.83. The van der Waals surface area contributed by atoms with Crippen LogP contribution in [-0.2, 0) is 0 Å². The van der Waals surface area contributed by atoms with Gasteiger partial charge in [-0.15, -0.1) is 0 Å². The molecular formula is C11H20O.